The Morgan fingerprint density at radius 2 is 2.25 bits per heavy atom. The number of hydrogen-bond acceptors (Lipinski definition) is 2. The molecule has 1 aliphatic rings. The summed E-state index contributed by atoms with van der Waals surface area (Å²) in [7, 11) is 0. The summed E-state index contributed by atoms with van der Waals surface area (Å²) in [6.45, 7) is 6.65. The summed E-state index contributed by atoms with van der Waals surface area (Å²) in [6, 6.07) is 0. The fourth-order valence-corrected chi connectivity index (χ4v) is 1.86. The van der Waals surface area contributed by atoms with Gasteiger partial charge in [0.05, 0.1) is 0 Å². The summed E-state index contributed by atoms with van der Waals surface area (Å²) in [6.07, 6.45) is 7.43. The standard InChI is InChI=1S/C10H19NO/c1-3-7-10(2)8-5-4-6-9-11(10)12/h3,12H,1,4-9H2,2H3/t10-/m1/s1. The minimum atomic E-state index is -0.0573. The molecule has 0 spiro atoms. The van der Waals surface area contributed by atoms with Gasteiger partial charge in [-0.05, 0) is 26.2 Å². The molecule has 1 aliphatic heterocycles. The summed E-state index contributed by atoms with van der Waals surface area (Å²) >= 11 is 0. The van der Waals surface area contributed by atoms with Crippen LogP contribution in [0.3, 0.4) is 0 Å². The Morgan fingerprint density at radius 3 is 2.92 bits per heavy atom. The lowest BCUT2D eigenvalue weighted by Gasteiger charge is -2.34. The van der Waals surface area contributed by atoms with Crippen LogP contribution in [0.4, 0.5) is 0 Å². The zero-order valence-corrected chi connectivity index (χ0v) is 7.92. The molecule has 0 unspecified atom stereocenters. The maximum atomic E-state index is 9.72. The number of nitrogens with zero attached hydrogens (tertiary/aromatic N) is 1. The van der Waals surface area contributed by atoms with Crippen LogP contribution in [0.2, 0.25) is 0 Å². The molecule has 2 nitrogen and oxygen atoms in total. The molecule has 70 valence electrons. The molecule has 0 aromatic carbocycles. The van der Waals surface area contributed by atoms with Crippen molar-refractivity contribution in [2.45, 2.75) is 44.6 Å². The molecule has 1 heterocycles. The highest BCUT2D eigenvalue weighted by molar-refractivity contribution is 4.90. The first-order chi connectivity index (χ1) is 5.69. The van der Waals surface area contributed by atoms with Crippen LogP contribution in [0.25, 0.3) is 0 Å². The van der Waals surface area contributed by atoms with Gasteiger partial charge in [0, 0.05) is 12.1 Å². The van der Waals surface area contributed by atoms with E-state index < -0.39 is 0 Å². The van der Waals surface area contributed by atoms with Gasteiger partial charge in [0.25, 0.3) is 0 Å². The summed E-state index contributed by atoms with van der Waals surface area (Å²) in [5.41, 5.74) is -0.0573. The van der Waals surface area contributed by atoms with Crippen LogP contribution < -0.4 is 0 Å². The Bertz CT molecular complexity index is 158. The highest BCUT2D eigenvalue weighted by atomic mass is 16.5. The van der Waals surface area contributed by atoms with E-state index in [1.54, 1.807) is 0 Å². The van der Waals surface area contributed by atoms with E-state index in [-0.39, 0.29) is 5.54 Å². The third-order valence-corrected chi connectivity index (χ3v) is 2.79. The predicted octanol–water partition coefficient (Wildman–Crippen LogP) is 2.59. The van der Waals surface area contributed by atoms with Gasteiger partial charge in [0.1, 0.15) is 0 Å². The highest BCUT2D eigenvalue weighted by Gasteiger charge is 2.30. The molecule has 2 heteroatoms. The maximum Gasteiger partial charge on any atom is 0.0466 e. The highest BCUT2D eigenvalue weighted by Crippen LogP contribution is 2.28. The molecule has 12 heavy (non-hydrogen) atoms. The van der Waals surface area contributed by atoms with Crippen molar-refractivity contribution in [3.63, 3.8) is 0 Å². The first-order valence-electron chi connectivity index (χ1n) is 4.76. The Balaban J connectivity index is 2.61. The fraction of sp³-hybridized carbons (Fsp3) is 0.800. The lowest BCUT2D eigenvalue weighted by molar-refractivity contribution is -0.165. The van der Waals surface area contributed by atoms with Crippen molar-refractivity contribution >= 4 is 0 Å². The van der Waals surface area contributed by atoms with E-state index in [4.69, 9.17) is 0 Å². The monoisotopic (exact) mass is 169 g/mol. The van der Waals surface area contributed by atoms with Crippen LogP contribution in [0.1, 0.15) is 39.0 Å². The smallest absolute Gasteiger partial charge is 0.0466 e. The van der Waals surface area contributed by atoms with E-state index in [9.17, 15) is 5.21 Å². The van der Waals surface area contributed by atoms with Crippen LogP contribution in [-0.4, -0.2) is 22.4 Å². The summed E-state index contributed by atoms with van der Waals surface area (Å²) in [5, 5.41) is 11.2. The molecule has 1 atom stereocenters. The average molecular weight is 169 g/mol. The van der Waals surface area contributed by atoms with Gasteiger partial charge < -0.3 is 5.21 Å². The molecule has 0 aliphatic carbocycles. The van der Waals surface area contributed by atoms with E-state index in [1.165, 1.54) is 17.9 Å². The minimum Gasteiger partial charge on any atom is -0.313 e. The van der Waals surface area contributed by atoms with Gasteiger partial charge in [-0.25, -0.2) is 0 Å². The normalized spacial score (nSPS) is 32.8. The van der Waals surface area contributed by atoms with Crippen molar-refractivity contribution in [2.24, 2.45) is 0 Å². The van der Waals surface area contributed by atoms with Gasteiger partial charge in [-0.15, -0.1) is 6.58 Å². The SMILES string of the molecule is C=CC[C@]1(C)CCCCCN1O. The summed E-state index contributed by atoms with van der Waals surface area (Å²) in [4.78, 5) is 0. The van der Waals surface area contributed by atoms with Crippen molar-refractivity contribution in [3.8, 4) is 0 Å². The molecule has 0 amide bonds. The van der Waals surface area contributed by atoms with Gasteiger partial charge in [-0.3, -0.25) is 0 Å². The van der Waals surface area contributed by atoms with E-state index in [0.29, 0.717) is 0 Å². The van der Waals surface area contributed by atoms with Crippen LogP contribution in [0.15, 0.2) is 12.7 Å². The molecule has 0 aromatic heterocycles. The second-order valence-electron chi connectivity index (χ2n) is 3.92. The first-order valence-corrected chi connectivity index (χ1v) is 4.76. The minimum absolute atomic E-state index is 0.0573. The topological polar surface area (TPSA) is 23.5 Å². The van der Waals surface area contributed by atoms with Gasteiger partial charge in [0.15, 0.2) is 0 Å². The summed E-state index contributed by atoms with van der Waals surface area (Å²) < 4.78 is 0. The lowest BCUT2D eigenvalue weighted by Crippen LogP contribution is -2.43. The molecule has 1 rings (SSSR count). The zero-order chi connectivity index (χ0) is 9.03. The molecule has 1 fully saturated rings. The molecule has 0 bridgehead atoms. The quantitative estimate of drug-likeness (QED) is 0.642. The van der Waals surface area contributed by atoms with Gasteiger partial charge in [-0.1, -0.05) is 18.9 Å². The number of hydrogen-bond donors (Lipinski definition) is 1. The van der Waals surface area contributed by atoms with Gasteiger partial charge >= 0.3 is 0 Å². The molecule has 1 saturated heterocycles. The van der Waals surface area contributed by atoms with E-state index in [1.807, 2.05) is 6.08 Å². The second kappa shape index (κ2) is 4.06. The van der Waals surface area contributed by atoms with Crippen LogP contribution in [0.5, 0.6) is 0 Å². The third kappa shape index (κ3) is 2.08. The van der Waals surface area contributed by atoms with Crippen molar-refractivity contribution in [1.82, 2.24) is 5.06 Å². The van der Waals surface area contributed by atoms with Gasteiger partial charge in [-0.2, -0.15) is 5.06 Å². The number of rotatable bonds is 2. The molecule has 0 saturated carbocycles. The van der Waals surface area contributed by atoms with E-state index >= 15 is 0 Å². The van der Waals surface area contributed by atoms with Crippen molar-refractivity contribution in [3.05, 3.63) is 12.7 Å². The average Bonchev–Trinajstić information content (AvgIpc) is 2.17. The van der Waals surface area contributed by atoms with Gasteiger partial charge in [0.2, 0.25) is 0 Å². The van der Waals surface area contributed by atoms with Crippen LogP contribution in [-0.2, 0) is 0 Å². The Morgan fingerprint density at radius 1 is 1.50 bits per heavy atom. The fourth-order valence-electron chi connectivity index (χ4n) is 1.86. The Labute approximate surface area is 74.8 Å². The molecular formula is C10H19NO. The number of hydroxylamine groups is 2. The molecule has 0 radical (unpaired) electrons. The largest absolute Gasteiger partial charge is 0.313 e. The first kappa shape index (κ1) is 9.75. The van der Waals surface area contributed by atoms with E-state index in [0.717, 1.165) is 25.8 Å². The van der Waals surface area contributed by atoms with Crippen molar-refractivity contribution in [1.29, 1.82) is 0 Å². The lowest BCUT2D eigenvalue weighted by atomic mass is 9.92. The van der Waals surface area contributed by atoms with Crippen molar-refractivity contribution < 1.29 is 5.21 Å². The van der Waals surface area contributed by atoms with E-state index in [2.05, 4.69) is 13.5 Å². The van der Waals surface area contributed by atoms with Crippen molar-refractivity contribution in [2.75, 3.05) is 6.54 Å². The third-order valence-electron chi connectivity index (χ3n) is 2.79. The molecule has 1 N–H and O–H groups in total. The Kier molecular flexibility index (Phi) is 3.29. The second-order valence-corrected chi connectivity index (χ2v) is 3.92. The molecule has 0 aromatic rings. The predicted molar refractivity (Wildman–Crippen MR) is 50.2 cm³/mol. The summed E-state index contributed by atoms with van der Waals surface area (Å²) in [5.74, 6) is 0. The van der Waals surface area contributed by atoms with Crippen LogP contribution in [0, 0.1) is 0 Å². The molecular weight excluding hydrogens is 150 g/mol. The Hall–Kier alpha value is -0.340. The zero-order valence-electron chi connectivity index (χ0n) is 7.92. The van der Waals surface area contributed by atoms with Crippen LogP contribution >= 0.6 is 0 Å². The maximum absolute atomic E-state index is 9.72.